The largest absolute Gasteiger partial charge is 0.574 e. The summed E-state index contributed by atoms with van der Waals surface area (Å²) in [5.41, 5.74) is 16.5. The normalized spacial score (nSPS) is 11.5. The molecule has 0 aliphatic carbocycles. The first-order chi connectivity index (χ1) is 19.4. The summed E-state index contributed by atoms with van der Waals surface area (Å²) in [6.07, 6.45) is 9.37. The van der Waals surface area contributed by atoms with Gasteiger partial charge >= 0.3 is 26.4 Å². The van der Waals surface area contributed by atoms with Gasteiger partial charge in [-0.15, -0.1) is 0 Å². The molecule has 0 saturated carbocycles. The predicted octanol–water partition coefficient (Wildman–Crippen LogP) is 2.01. The Hall–Kier alpha value is -1.45. The zero-order chi connectivity index (χ0) is 32.8. The summed E-state index contributed by atoms with van der Waals surface area (Å²) in [6.45, 7) is 8.78. The zero-order valence-electron chi connectivity index (χ0n) is 26.1. The molecule has 0 aliphatic rings. The maximum Gasteiger partial charge on any atom is 0.574 e. The van der Waals surface area contributed by atoms with Crippen LogP contribution >= 0.6 is 0 Å². The van der Waals surface area contributed by atoms with Gasteiger partial charge in [-0.3, -0.25) is 9.59 Å². The number of hydrogen-bond donors (Lipinski definition) is 5. The highest BCUT2D eigenvalue weighted by molar-refractivity contribution is 6.75. The van der Waals surface area contributed by atoms with Crippen LogP contribution in [0.1, 0.15) is 61.8 Å². The van der Waals surface area contributed by atoms with Crippen LogP contribution in [-0.4, -0.2) is 110 Å². The number of aliphatic hydroxyl groups excluding tert-OH is 1. The zero-order valence-corrected chi connectivity index (χ0v) is 29.1. The van der Waals surface area contributed by atoms with Crippen LogP contribution in [0.2, 0.25) is 18.1 Å². The molecule has 0 aromatic heterocycles. The Morgan fingerprint density at radius 3 is 1.33 bits per heavy atom. The van der Waals surface area contributed by atoms with Crippen molar-refractivity contribution >= 4 is 38.4 Å². The van der Waals surface area contributed by atoms with Gasteiger partial charge in [-0.2, -0.15) is 0 Å². The number of aliphatic carboxylic acids is 1. The Morgan fingerprint density at radius 1 is 0.744 bits per heavy atom. The van der Waals surface area contributed by atoms with E-state index >= 15 is 0 Å². The van der Waals surface area contributed by atoms with E-state index in [1.165, 1.54) is 28.3 Å². The molecule has 0 rings (SSSR count). The second kappa shape index (κ2) is 35.0. The van der Waals surface area contributed by atoms with Crippen molar-refractivity contribution in [2.75, 3.05) is 61.3 Å². The third-order valence-corrected chi connectivity index (χ3v) is 14.3. The van der Waals surface area contributed by atoms with E-state index in [1.54, 1.807) is 0 Å². The number of hydrogen-bond acceptors (Lipinski definition) is 14. The van der Waals surface area contributed by atoms with Crippen LogP contribution in [-0.2, 0) is 44.7 Å². The Balaban J connectivity index is -0.000000135. The Kier molecular flexibility index (Phi) is 44.0. The van der Waals surface area contributed by atoms with Gasteiger partial charge in [0.2, 0.25) is 0 Å². The van der Waals surface area contributed by atoms with E-state index in [0.717, 1.165) is 20.5 Å². The van der Waals surface area contributed by atoms with Crippen molar-refractivity contribution in [3.63, 3.8) is 0 Å². The van der Waals surface area contributed by atoms with Gasteiger partial charge in [0.05, 0.1) is 6.11 Å². The smallest absolute Gasteiger partial charge is 0.481 e. The molecule has 0 bridgehead atoms. The molecule has 0 amide bonds. The van der Waals surface area contributed by atoms with E-state index in [9.17, 15) is 4.79 Å². The Morgan fingerprint density at radius 2 is 1.07 bits per heavy atom. The van der Waals surface area contributed by atoms with Crippen LogP contribution in [0.5, 0.6) is 0 Å². The van der Waals surface area contributed by atoms with E-state index in [0.29, 0.717) is 63.8 Å². The molecule has 0 spiro atoms. The number of aliphatic hydroxyl groups is 1. The molecule has 0 heterocycles. The lowest BCUT2D eigenvalue weighted by Crippen LogP contribution is -2.58. The van der Waals surface area contributed by atoms with E-state index in [2.05, 4.69) is 6.11 Å². The number of carbonyl (C=O) groups is 2. The minimum atomic E-state index is -3.24. The molecular weight excluding hydrogens is 619 g/mol. The maximum absolute atomic E-state index is 11.4. The lowest BCUT2D eigenvalue weighted by Gasteiger charge is -2.35. The molecular formula is C25H63N3O12Si3. The van der Waals surface area contributed by atoms with Gasteiger partial charge in [0.1, 0.15) is 0 Å². The van der Waals surface area contributed by atoms with Crippen molar-refractivity contribution in [2.24, 2.45) is 17.2 Å². The van der Waals surface area contributed by atoms with E-state index in [-0.39, 0.29) is 14.9 Å². The minimum absolute atomic E-state index is 0. The van der Waals surface area contributed by atoms with Crippen LogP contribution in [0.3, 0.4) is 0 Å². The summed E-state index contributed by atoms with van der Waals surface area (Å²) in [6, 6.07) is 1.62. The number of nitrogens with two attached hydrogens (primary N) is 3. The first-order valence-electron chi connectivity index (χ1n) is 13.1. The number of rotatable bonds is 20. The van der Waals surface area contributed by atoms with Crippen molar-refractivity contribution in [1.29, 1.82) is 0 Å². The van der Waals surface area contributed by atoms with Crippen molar-refractivity contribution in [3.8, 4) is 12.5 Å². The number of terminal acetylenes is 1. The van der Waals surface area contributed by atoms with E-state index < -0.39 is 38.4 Å². The van der Waals surface area contributed by atoms with Crippen LogP contribution in [0, 0.1) is 12.5 Å². The maximum atomic E-state index is 11.4. The summed E-state index contributed by atoms with van der Waals surface area (Å²) in [4.78, 5) is 20.4. The molecule has 1 unspecified atom stereocenters. The summed E-state index contributed by atoms with van der Waals surface area (Å²) < 4.78 is 44.0. The molecule has 8 N–H and O–H groups in total. The molecule has 0 aliphatic heterocycles. The van der Waals surface area contributed by atoms with Crippen molar-refractivity contribution in [3.05, 3.63) is 0 Å². The second-order valence-corrected chi connectivity index (χ2v) is 16.3. The lowest BCUT2D eigenvalue weighted by atomic mass is 10.5. The second-order valence-electron chi connectivity index (χ2n) is 7.64. The topological polar surface area (TPSA) is 226 Å². The molecule has 0 aromatic carbocycles. The first-order valence-corrected chi connectivity index (χ1v) is 18.9. The van der Waals surface area contributed by atoms with Crippen LogP contribution in [0.15, 0.2) is 0 Å². The summed E-state index contributed by atoms with van der Waals surface area (Å²) in [7, 11) is -3.39. The highest BCUT2D eigenvalue weighted by atomic mass is 28.5. The molecule has 1 atom stereocenters. The molecule has 0 radical (unpaired) electrons. The summed E-state index contributed by atoms with van der Waals surface area (Å²) >= 11 is 0. The molecule has 15 nitrogen and oxygen atoms in total. The van der Waals surface area contributed by atoms with Crippen LogP contribution in [0.4, 0.5) is 0 Å². The van der Waals surface area contributed by atoms with Gasteiger partial charge in [-0.1, -0.05) is 21.3 Å². The third-order valence-electron chi connectivity index (χ3n) is 4.55. The summed E-state index contributed by atoms with van der Waals surface area (Å²) in [5.74, 6) is -1.30. The quantitative estimate of drug-likeness (QED) is 0.0915. The lowest BCUT2D eigenvalue weighted by molar-refractivity contribution is -0.136. The Labute approximate surface area is 264 Å². The van der Waals surface area contributed by atoms with Gasteiger partial charge in [-0.05, 0) is 52.7 Å². The molecule has 262 valence electrons. The molecule has 0 saturated heterocycles. The first kappa shape index (κ1) is 54.1. The van der Waals surface area contributed by atoms with Gasteiger partial charge in [0.25, 0.3) is 11.9 Å². The fraction of sp³-hybridized carbons (Fsp3) is 0.840. The number of carboxylic acid groups (broad SMARTS) is 1. The summed E-state index contributed by atoms with van der Waals surface area (Å²) in [5, 5.41) is 14.4. The van der Waals surface area contributed by atoms with Crippen molar-refractivity contribution in [1.82, 2.24) is 0 Å². The van der Waals surface area contributed by atoms with E-state index in [1.807, 2.05) is 13.8 Å². The SMILES string of the molecule is C.C.C#CO[Si](CCCN)(OCC)OCC.CC(=O)O.CO.CO[Si](CCCN)(OC)O[Si](CCCN)(OC)OC(C)=O. The molecule has 0 aromatic rings. The van der Waals surface area contributed by atoms with Crippen LogP contribution in [0.25, 0.3) is 0 Å². The Bertz CT molecular complexity index is 665. The van der Waals surface area contributed by atoms with E-state index in [4.69, 9.17) is 73.7 Å². The average Bonchev–Trinajstić information content (AvgIpc) is 2.94. The standard InChI is InChI=1S/C11H28N2O6Si2.C9H19NO3Si.C2H4O2.CH4O.2CH4/c1-11(14)18-21(17-4,10-6-8-13)19-20(15-2,16-3)9-5-7-12;1-4-11-14(12-5-2,13-6-3)9-7-8-10;1-2(3)4;1-2;;/h5-10,12-13H2,1-4H3;1H,5-10H2,2-3H3;1H3,(H,3,4);2H,1H3;2*1H4. The average molecular weight is 682 g/mol. The van der Waals surface area contributed by atoms with Gasteiger partial charge < -0.3 is 62.5 Å². The van der Waals surface area contributed by atoms with Crippen molar-refractivity contribution in [2.45, 2.75) is 79.9 Å². The molecule has 43 heavy (non-hydrogen) atoms. The highest BCUT2D eigenvalue weighted by Crippen LogP contribution is 2.26. The highest BCUT2D eigenvalue weighted by Gasteiger charge is 2.54. The predicted molar refractivity (Wildman–Crippen MR) is 175 cm³/mol. The van der Waals surface area contributed by atoms with Gasteiger partial charge in [0.15, 0.2) is 0 Å². The number of carbonyl (C=O) groups excluding carboxylic acids is 1. The number of carboxylic acids is 1. The van der Waals surface area contributed by atoms with Gasteiger partial charge in [0, 0.05) is 73.6 Å². The van der Waals surface area contributed by atoms with Crippen molar-refractivity contribution < 1.29 is 54.9 Å². The third kappa shape index (κ3) is 29.0. The minimum Gasteiger partial charge on any atom is -0.481 e. The fourth-order valence-corrected chi connectivity index (χ4v) is 11.8. The molecule has 0 fully saturated rings. The fourth-order valence-electron chi connectivity index (χ4n) is 2.97. The van der Waals surface area contributed by atoms with Crippen LogP contribution < -0.4 is 17.2 Å². The molecule has 18 heteroatoms. The monoisotopic (exact) mass is 681 g/mol. The van der Waals surface area contributed by atoms with Gasteiger partial charge in [-0.25, -0.2) is 0 Å².